The fraction of sp³-hybridized carbons (Fsp3) is 0.0625. The van der Waals surface area contributed by atoms with E-state index in [1.165, 1.54) is 6.20 Å². The van der Waals surface area contributed by atoms with Crippen LogP contribution < -0.4 is 5.32 Å². The molecule has 0 saturated carbocycles. The summed E-state index contributed by atoms with van der Waals surface area (Å²) in [4.78, 5) is 28.2. The molecule has 3 rings (SSSR count). The molecule has 0 bridgehead atoms. The lowest BCUT2D eigenvalue weighted by Gasteiger charge is -2.09. The molecule has 114 valence electrons. The molecule has 0 aliphatic heterocycles. The van der Waals surface area contributed by atoms with Crippen molar-refractivity contribution in [1.82, 2.24) is 25.3 Å². The molecule has 6 nitrogen and oxygen atoms in total. The summed E-state index contributed by atoms with van der Waals surface area (Å²) in [7, 11) is 0. The van der Waals surface area contributed by atoms with Gasteiger partial charge in [0.15, 0.2) is 0 Å². The van der Waals surface area contributed by atoms with Crippen LogP contribution in [0.3, 0.4) is 0 Å². The highest BCUT2D eigenvalue weighted by Gasteiger charge is 2.11. The van der Waals surface area contributed by atoms with Gasteiger partial charge >= 0.3 is 0 Å². The van der Waals surface area contributed by atoms with E-state index in [2.05, 4.69) is 25.3 Å². The maximum absolute atomic E-state index is 13.1. The number of aromatic nitrogens is 4. The van der Waals surface area contributed by atoms with Gasteiger partial charge in [0.2, 0.25) is 0 Å². The van der Waals surface area contributed by atoms with Crippen molar-refractivity contribution in [3.8, 4) is 11.3 Å². The monoisotopic (exact) mass is 309 g/mol. The first kappa shape index (κ1) is 14.7. The van der Waals surface area contributed by atoms with Crippen LogP contribution in [0.5, 0.6) is 0 Å². The van der Waals surface area contributed by atoms with Crippen LogP contribution in [0.1, 0.15) is 16.1 Å². The number of amides is 1. The molecule has 0 saturated heterocycles. The molecule has 7 heteroatoms. The highest BCUT2D eigenvalue weighted by Crippen LogP contribution is 2.18. The normalized spacial score (nSPS) is 10.3. The number of halogens is 1. The Morgan fingerprint density at radius 2 is 1.83 bits per heavy atom. The smallest absolute Gasteiger partial charge is 0.253 e. The second-order valence-electron chi connectivity index (χ2n) is 4.66. The molecule has 3 aromatic heterocycles. The van der Waals surface area contributed by atoms with Crippen LogP contribution >= 0.6 is 0 Å². The fourth-order valence-electron chi connectivity index (χ4n) is 2.05. The molecule has 3 aromatic rings. The molecule has 0 radical (unpaired) electrons. The van der Waals surface area contributed by atoms with Crippen molar-refractivity contribution in [2.75, 3.05) is 0 Å². The molecule has 0 aliphatic rings. The van der Waals surface area contributed by atoms with E-state index in [0.717, 1.165) is 17.8 Å². The lowest BCUT2D eigenvalue weighted by molar-refractivity contribution is 0.0949. The average Bonchev–Trinajstić information content (AvgIpc) is 2.60. The zero-order valence-corrected chi connectivity index (χ0v) is 12.0. The Hall–Kier alpha value is -3.22. The highest BCUT2D eigenvalue weighted by atomic mass is 19.1. The Kier molecular flexibility index (Phi) is 4.28. The first-order chi connectivity index (χ1) is 11.2. The second-order valence-corrected chi connectivity index (χ2v) is 4.66. The molecular formula is C16H12FN5O. The van der Waals surface area contributed by atoms with Crippen LogP contribution in [0, 0.1) is 5.82 Å². The minimum absolute atomic E-state index is 0.152. The Bertz CT molecular complexity index is 825. The number of hydrogen-bond acceptors (Lipinski definition) is 5. The molecule has 0 aliphatic carbocycles. The van der Waals surface area contributed by atoms with E-state index >= 15 is 0 Å². The number of nitrogens with zero attached hydrogens (tertiary/aromatic N) is 4. The van der Waals surface area contributed by atoms with Gasteiger partial charge in [0.1, 0.15) is 5.82 Å². The van der Waals surface area contributed by atoms with Gasteiger partial charge in [0, 0.05) is 36.5 Å². The average molecular weight is 309 g/mol. The van der Waals surface area contributed by atoms with Crippen molar-refractivity contribution in [3.63, 3.8) is 0 Å². The van der Waals surface area contributed by atoms with Crippen molar-refractivity contribution in [1.29, 1.82) is 0 Å². The summed E-state index contributed by atoms with van der Waals surface area (Å²) < 4.78 is 13.1. The number of carbonyl (C=O) groups excluding carboxylic acids is 1. The summed E-state index contributed by atoms with van der Waals surface area (Å²) in [6.45, 7) is 0.168. The van der Waals surface area contributed by atoms with Gasteiger partial charge in [0.25, 0.3) is 5.91 Å². The molecule has 0 unspecified atom stereocenters. The van der Waals surface area contributed by atoms with Crippen molar-refractivity contribution < 1.29 is 9.18 Å². The van der Waals surface area contributed by atoms with Gasteiger partial charge in [-0.15, -0.1) is 0 Å². The molecule has 1 amide bonds. The van der Waals surface area contributed by atoms with Gasteiger partial charge in [0.05, 0.1) is 29.7 Å². The summed E-state index contributed by atoms with van der Waals surface area (Å²) in [6, 6.07) is 4.75. The third kappa shape index (κ3) is 3.52. The van der Waals surface area contributed by atoms with Crippen LogP contribution in [0.4, 0.5) is 4.39 Å². The van der Waals surface area contributed by atoms with Crippen molar-refractivity contribution >= 4 is 5.91 Å². The van der Waals surface area contributed by atoms with Gasteiger partial charge in [-0.1, -0.05) is 0 Å². The lowest BCUT2D eigenvalue weighted by Crippen LogP contribution is -2.24. The Morgan fingerprint density at radius 3 is 2.61 bits per heavy atom. The molecular weight excluding hydrogens is 297 g/mol. The number of nitrogens with one attached hydrogen (secondary N) is 1. The molecule has 3 heterocycles. The summed E-state index contributed by atoms with van der Waals surface area (Å²) >= 11 is 0. The first-order valence-electron chi connectivity index (χ1n) is 6.83. The standard InChI is InChI=1S/C16H12FN5O/c17-13-7-12(8-19-9-13)16(23)22-10-14-15(21-6-5-20-14)11-1-3-18-4-2-11/h1-9H,10H2,(H,22,23). The third-order valence-electron chi connectivity index (χ3n) is 3.11. The van der Waals surface area contributed by atoms with Crippen LogP contribution in [0.15, 0.2) is 55.4 Å². The maximum Gasteiger partial charge on any atom is 0.253 e. The number of hydrogen-bond donors (Lipinski definition) is 1. The topological polar surface area (TPSA) is 80.7 Å². The van der Waals surface area contributed by atoms with E-state index in [1.807, 2.05) is 12.1 Å². The predicted octanol–water partition coefficient (Wildman–Crippen LogP) is 2.00. The quantitative estimate of drug-likeness (QED) is 0.797. The van der Waals surface area contributed by atoms with E-state index in [9.17, 15) is 9.18 Å². The largest absolute Gasteiger partial charge is 0.346 e. The summed E-state index contributed by atoms with van der Waals surface area (Å²) in [6.07, 6.45) is 8.79. The lowest BCUT2D eigenvalue weighted by atomic mass is 10.1. The van der Waals surface area contributed by atoms with Gasteiger partial charge in [-0.25, -0.2) is 4.39 Å². The molecule has 1 N–H and O–H groups in total. The SMILES string of the molecule is O=C(NCc1nccnc1-c1ccncc1)c1cncc(F)c1. The van der Waals surface area contributed by atoms with Gasteiger partial charge < -0.3 is 5.32 Å². The highest BCUT2D eigenvalue weighted by molar-refractivity contribution is 5.93. The van der Waals surface area contributed by atoms with E-state index in [-0.39, 0.29) is 12.1 Å². The Morgan fingerprint density at radius 1 is 1.04 bits per heavy atom. The third-order valence-corrected chi connectivity index (χ3v) is 3.11. The molecule has 0 atom stereocenters. The van der Waals surface area contributed by atoms with E-state index in [0.29, 0.717) is 11.4 Å². The Balaban J connectivity index is 1.78. The number of carbonyl (C=O) groups is 1. The summed E-state index contributed by atoms with van der Waals surface area (Å²) in [5, 5.41) is 2.69. The van der Waals surface area contributed by atoms with Crippen LogP contribution in [0.25, 0.3) is 11.3 Å². The van der Waals surface area contributed by atoms with E-state index < -0.39 is 11.7 Å². The molecule has 0 spiro atoms. The maximum atomic E-state index is 13.1. The van der Waals surface area contributed by atoms with Crippen LogP contribution in [-0.4, -0.2) is 25.8 Å². The summed E-state index contributed by atoms with van der Waals surface area (Å²) in [5.74, 6) is -0.988. The zero-order valence-electron chi connectivity index (χ0n) is 12.0. The minimum Gasteiger partial charge on any atom is -0.346 e. The van der Waals surface area contributed by atoms with Crippen LogP contribution in [-0.2, 0) is 6.54 Å². The zero-order chi connectivity index (χ0) is 16.1. The first-order valence-corrected chi connectivity index (χ1v) is 6.83. The summed E-state index contributed by atoms with van der Waals surface area (Å²) in [5.41, 5.74) is 2.27. The molecule has 0 aromatic carbocycles. The van der Waals surface area contributed by atoms with Gasteiger partial charge in [-0.05, 0) is 18.2 Å². The van der Waals surface area contributed by atoms with Crippen molar-refractivity contribution in [2.24, 2.45) is 0 Å². The van der Waals surface area contributed by atoms with Crippen LogP contribution in [0.2, 0.25) is 0 Å². The number of rotatable bonds is 4. The molecule has 0 fully saturated rings. The van der Waals surface area contributed by atoms with Gasteiger partial charge in [-0.3, -0.25) is 24.7 Å². The Labute approximate surface area is 131 Å². The predicted molar refractivity (Wildman–Crippen MR) is 80.6 cm³/mol. The minimum atomic E-state index is -0.561. The van der Waals surface area contributed by atoms with Crippen molar-refractivity contribution in [3.05, 3.63) is 72.5 Å². The van der Waals surface area contributed by atoms with Crippen molar-refractivity contribution in [2.45, 2.75) is 6.54 Å². The number of pyridine rings is 2. The second kappa shape index (κ2) is 6.69. The molecule has 23 heavy (non-hydrogen) atoms. The van der Waals surface area contributed by atoms with E-state index in [1.54, 1.807) is 24.8 Å². The van der Waals surface area contributed by atoms with E-state index in [4.69, 9.17) is 0 Å². The fourth-order valence-corrected chi connectivity index (χ4v) is 2.05. The van der Waals surface area contributed by atoms with Gasteiger partial charge in [-0.2, -0.15) is 0 Å².